The molecule has 3 heteroatoms. The Morgan fingerprint density at radius 3 is 2.29 bits per heavy atom. The lowest BCUT2D eigenvalue weighted by Crippen LogP contribution is -2.45. The Kier molecular flexibility index (Phi) is 6.75. The predicted octanol–water partition coefficient (Wildman–Crippen LogP) is 2.24. The van der Waals surface area contributed by atoms with Gasteiger partial charge in [-0.15, -0.1) is 11.6 Å². The van der Waals surface area contributed by atoms with Crippen LogP contribution in [-0.2, 0) is 0 Å². The van der Waals surface area contributed by atoms with Crippen LogP contribution in [0.3, 0.4) is 0 Å². The molecule has 2 nitrogen and oxygen atoms in total. The van der Waals surface area contributed by atoms with E-state index < -0.39 is 0 Å². The van der Waals surface area contributed by atoms with Crippen molar-refractivity contribution in [1.82, 2.24) is 0 Å². The zero-order valence-corrected chi connectivity index (χ0v) is 10.7. The molecule has 14 heavy (non-hydrogen) atoms. The maximum Gasteiger partial charge on any atom is 0.104 e. The summed E-state index contributed by atoms with van der Waals surface area (Å²) in [4.78, 5) is 0. The number of alkyl halides is 1. The van der Waals surface area contributed by atoms with Gasteiger partial charge in [0, 0.05) is 11.8 Å². The van der Waals surface area contributed by atoms with Crippen LogP contribution in [0, 0.1) is 0 Å². The van der Waals surface area contributed by atoms with Gasteiger partial charge >= 0.3 is 0 Å². The van der Waals surface area contributed by atoms with E-state index in [2.05, 4.69) is 21.0 Å². The molecule has 2 unspecified atom stereocenters. The fourth-order valence-corrected chi connectivity index (χ4v) is 2.07. The smallest absolute Gasteiger partial charge is 0.104 e. The van der Waals surface area contributed by atoms with Crippen LogP contribution in [0.4, 0.5) is 0 Å². The molecule has 0 radical (unpaired) electrons. The first kappa shape index (κ1) is 14.2. The molecular weight excluding hydrogens is 198 g/mol. The average molecular weight is 223 g/mol. The van der Waals surface area contributed by atoms with E-state index in [1.807, 2.05) is 6.92 Å². The van der Waals surface area contributed by atoms with E-state index in [1.165, 1.54) is 0 Å². The lowest BCUT2D eigenvalue weighted by Gasteiger charge is -2.31. The fourth-order valence-electron chi connectivity index (χ4n) is 1.75. The van der Waals surface area contributed by atoms with Gasteiger partial charge in [0.15, 0.2) is 0 Å². The van der Waals surface area contributed by atoms with Crippen molar-refractivity contribution in [3.05, 3.63) is 0 Å². The molecular formula is C11H25ClNO+. The van der Waals surface area contributed by atoms with E-state index in [-0.39, 0.29) is 6.10 Å². The number of rotatable bonds is 7. The van der Waals surface area contributed by atoms with Crippen molar-refractivity contribution < 1.29 is 9.59 Å². The highest BCUT2D eigenvalue weighted by Gasteiger charge is 2.19. The minimum absolute atomic E-state index is 0.232. The first-order valence-electron chi connectivity index (χ1n) is 5.51. The van der Waals surface area contributed by atoms with Gasteiger partial charge in [0.05, 0.1) is 20.6 Å². The molecule has 0 heterocycles. The Morgan fingerprint density at radius 2 is 1.86 bits per heavy atom. The quantitative estimate of drug-likeness (QED) is 0.518. The topological polar surface area (TPSA) is 20.2 Å². The lowest BCUT2D eigenvalue weighted by molar-refractivity contribution is -0.893. The Hall–Kier alpha value is 0.210. The summed E-state index contributed by atoms with van der Waals surface area (Å²) < 4.78 is 0.852. The molecule has 0 saturated heterocycles. The van der Waals surface area contributed by atoms with Crippen LogP contribution in [0.5, 0.6) is 0 Å². The minimum atomic E-state index is -0.232. The average Bonchev–Trinajstić information content (AvgIpc) is 1.99. The SMILES string of the molecule is CCCC(Cl)CC[N+](C)(C)CC(C)O. The van der Waals surface area contributed by atoms with Gasteiger partial charge in [0.1, 0.15) is 12.6 Å². The molecule has 0 aromatic carbocycles. The van der Waals surface area contributed by atoms with Gasteiger partial charge in [-0.25, -0.2) is 0 Å². The summed E-state index contributed by atoms with van der Waals surface area (Å²) in [6.07, 6.45) is 3.05. The van der Waals surface area contributed by atoms with Gasteiger partial charge in [-0.3, -0.25) is 0 Å². The molecule has 0 amide bonds. The Balaban J connectivity index is 3.74. The monoisotopic (exact) mass is 222 g/mol. The number of likely N-dealkylation sites (N-methyl/N-ethyl adjacent to an activating group) is 1. The van der Waals surface area contributed by atoms with Crippen LogP contribution < -0.4 is 0 Å². The van der Waals surface area contributed by atoms with Crippen molar-refractivity contribution in [3.63, 3.8) is 0 Å². The summed E-state index contributed by atoms with van der Waals surface area (Å²) in [7, 11) is 4.28. The highest BCUT2D eigenvalue weighted by molar-refractivity contribution is 6.20. The first-order chi connectivity index (χ1) is 6.37. The van der Waals surface area contributed by atoms with Crippen LogP contribution >= 0.6 is 11.6 Å². The van der Waals surface area contributed by atoms with E-state index in [0.717, 1.165) is 36.8 Å². The van der Waals surface area contributed by atoms with Gasteiger partial charge < -0.3 is 9.59 Å². The maximum atomic E-state index is 9.31. The van der Waals surface area contributed by atoms with Crippen molar-refractivity contribution in [2.75, 3.05) is 27.2 Å². The molecule has 0 rings (SSSR count). The third-order valence-corrected chi connectivity index (χ3v) is 2.84. The molecule has 0 fully saturated rings. The van der Waals surface area contributed by atoms with Gasteiger partial charge in [-0.2, -0.15) is 0 Å². The van der Waals surface area contributed by atoms with Crippen molar-refractivity contribution >= 4 is 11.6 Å². The third-order valence-electron chi connectivity index (χ3n) is 2.41. The largest absolute Gasteiger partial charge is 0.388 e. The minimum Gasteiger partial charge on any atom is -0.388 e. The molecule has 0 aromatic heterocycles. The maximum absolute atomic E-state index is 9.31. The van der Waals surface area contributed by atoms with Crippen LogP contribution in [-0.4, -0.2) is 48.3 Å². The fraction of sp³-hybridized carbons (Fsp3) is 1.00. The van der Waals surface area contributed by atoms with Crippen molar-refractivity contribution in [3.8, 4) is 0 Å². The Morgan fingerprint density at radius 1 is 1.29 bits per heavy atom. The van der Waals surface area contributed by atoms with Crippen molar-refractivity contribution in [2.24, 2.45) is 0 Å². The van der Waals surface area contributed by atoms with E-state index in [0.29, 0.717) is 5.38 Å². The molecule has 0 aromatic rings. The van der Waals surface area contributed by atoms with E-state index in [1.54, 1.807) is 0 Å². The molecule has 1 N–H and O–H groups in total. The van der Waals surface area contributed by atoms with Crippen LogP contribution in [0.25, 0.3) is 0 Å². The van der Waals surface area contributed by atoms with Crippen molar-refractivity contribution in [2.45, 2.75) is 44.6 Å². The molecule has 2 atom stereocenters. The summed E-state index contributed by atoms with van der Waals surface area (Å²) in [6.45, 7) is 5.84. The Labute approximate surface area is 93.5 Å². The van der Waals surface area contributed by atoms with Crippen LogP contribution in [0.15, 0.2) is 0 Å². The second-order valence-corrected chi connectivity index (χ2v) is 5.48. The number of aliphatic hydroxyl groups excluding tert-OH is 1. The van der Waals surface area contributed by atoms with Gasteiger partial charge in [0.2, 0.25) is 0 Å². The molecule has 0 saturated carbocycles. The third kappa shape index (κ3) is 7.60. The molecule has 0 aliphatic rings. The van der Waals surface area contributed by atoms with E-state index in [4.69, 9.17) is 11.6 Å². The summed E-state index contributed by atoms with van der Waals surface area (Å²) in [5, 5.41) is 9.61. The molecule has 0 spiro atoms. The number of quaternary nitrogens is 1. The number of hydrogen-bond acceptors (Lipinski definition) is 1. The Bertz CT molecular complexity index is 148. The first-order valence-corrected chi connectivity index (χ1v) is 5.95. The molecule has 86 valence electrons. The number of aliphatic hydroxyl groups is 1. The highest BCUT2D eigenvalue weighted by atomic mass is 35.5. The second kappa shape index (κ2) is 6.65. The molecule has 0 aliphatic carbocycles. The van der Waals surface area contributed by atoms with E-state index >= 15 is 0 Å². The lowest BCUT2D eigenvalue weighted by atomic mass is 10.2. The molecule has 0 aliphatic heterocycles. The zero-order chi connectivity index (χ0) is 11.2. The summed E-state index contributed by atoms with van der Waals surface area (Å²) in [5.41, 5.74) is 0. The predicted molar refractivity (Wildman–Crippen MR) is 62.7 cm³/mol. The number of nitrogens with zero attached hydrogens (tertiary/aromatic N) is 1. The summed E-state index contributed by atoms with van der Waals surface area (Å²) >= 11 is 6.15. The van der Waals surface area contributed by atoms with Crippen molar-refractivity contribution in [1.29, 1.82) is 0 Å². The van der Waals surface area contributed by atoms with Gasteiger partial charge in [-0.1, -0.05) is 13.3 Å². The summed E-state index contributed by atoms with van der Waals surface area (Å²) in [6, 6.07) is 0. The standard InChI is InChI=1S/C11H25ClNO/c1-5-6-11(12)7-8-13(3,4)9-10(2)14/h10-11,14H,5-9H2,1-4H3/q+1. The summed E-state index contributed by atoms with van der Waals surface area (Å²) in [5.74, 6) is 0. The van der Waals surface area contributed by atoms with Crippen LogP contribution in [0.2, 0.25) is 0 Å². The van der Waals surface area contributed by atoms with E-state index in [9.17, 15) is 5.11 Å². The van der Waals surface area contributed by atoms with Gasteiger partial charge in [0.25, 0.3) is 0 Å². The van der Waals surface area contributed by atoms with Crippen LogP contribution in [0.1, 0.15) is 33.1 Å². The zero-order valence-electron chi connectivity index (χ0n) is 9.96. The number of hydrogen-bond donors (Lipinski definition) is 1. The highest BCUT2D eigenvalue weighted by Crippen LogP contribution is 2.12. The molecule has 0 bridgehead atoms. The van der Waals surface area contributed by atoms with Gasteiger partial charge in [-0.05, 0) is 13.3 Å². The number of halogens is 1. The normalized spacial score (nSPS) is 16.7. The second-order valence-electron chi connectivity index (χ2n) is 4.87.